The molecule has 0 saturated carbocycles. The van der Waals surface area contributed by atoms with Crippen LogP contribution in [-0.2, 0) is 34.1 Å². The Balaban J connectivity index is 2.06. The van der Waals surface area contributed by atoms with E-state index in [0.29, 0.717) is 24.1 Å². The van der Waals surface area contributed by atoms with Crippen molar-refractivity contribution < 1.29 is 38.1 Å². The molecule has 0 aromatic heterocycles. The van der Waals surface area contributed by atoms with Crippen LogP contribution in [0.1, 0.15) is 50.8 Å². The van der Waals surface area contributed by atoms with Crippen LogP contribution >= 0.6 is 0 Å². The molecule has 4 rings (SSSR count). The molecule has 9 heteroatoms. The van der Waals surface area contributed by atoms with Gasteiger partial charge in [0, 0.05) is 49.7 Å². The number of fused-ring (bicyclic) bond motifs is 1. The zero-order valence-electron chi connectivity index (χ0n) is 19.3. The molecule has 1 aromatic rings. The number of piperidine rings is 1. The first-order valence-corrected chi connectivity index (χ1v) is 10.8. The summed E-state index contributed by atoms with van der Waals surface area (Å²) in [6.45, 7) is 4.47. The molecule has 4 unspecified atom stereocenters. The lowest BCUT2D eigenvalue weighted by molar-refractivity contribution is -0.157. The first kappa shape index (κ1) is 23.0. The van der Waals surface area contributed by atoms with Gasteiger partial charge < -0.3 is 18.9 Å². The number of methoxy groups -OCH3 is 1. The number of carbonyl (C=O) groups is 4. The van der Waals surface area contributed by atoms with E-state index >= 15 is 0 Å². The van der Waals surface area contributed by atoms with E-state index in [1.54, 1.807) is 12.1 Å². The molecule has 33 heavy (non-hydrogen) atoms. The molecule has 1 fully saturated rings. The Hall–Kier alpha value is -3.20. The highest BCUT2D eigenvalue weighted by atomic mass is 16.6. The number of benzene rings is 1. The van der Waals surface area contributed by atoms with Crippen molar-refractivity contribution in [3.63, 3.8) is 0 Å². The summed E-state index contributed by atoms with van der Waals surface area (Å²) in [6, 6.07) is 2.99. The number of allylic oxidation sites excluding steroid dienone is 1. The lowest BCUT2D eigenvalue weighted by Gasteiger charge is -2.58. The number of hydrogen-bond donors (Lipinski definition) is 0. The fraction of sp³-hybridized carbons (Fsp3) is 0.500. The standard InChI is InChI=1S/C24H27NO8/c1-12(26)31-18-7-6-15-20(23(18)33-14(3)28)24-8-9-25(4)21(22(15)32-13(2)27)16(24)10-19(30-5)17(29)11-24/h6-7,10,16,21-22H,8-9,11H2,1-5H3. The Morgan fingerprint density at radius 2 is 1.76 bits per heavy atom. The van der Waals surface area contributed by atoms with Gasteiger partial charge >= 0.3 is 17.9 Å². The number of rotatable bonds is 4. The third kappa shape index (κ3) is 3.70. The van der Waals surface area contributed by atoms with Crippen molar-refractivity contribution in [1.29, 1.82) is 0 Å². The number of Topliss-reactive ketones (excluding diaryl/α,β-unsaturated/α-hetero) is 1. The molecule has 1 heterocycles. The molecule has 1 aromatic carbocycles. The van der Waals surface area contributed by atoms with E-state index in [0.717, 1.165) is 0 Å². The van der Waals surface area contributed by atoms with Gasteiger partial charge in [-0.05, 0) is 32.2 Å². The smallest absolute Gasteiger partial charge is 0.308 e. The van der Waals surface area contributed by atoms with Gasteiger partial charge in [0.15, 0.2) is 23.0 Å². The van der Waals surface area contributed by atoms with Crippen molar-refractivity contribution in [3.05, 3.63) is 35.1 Å². The summed E-state index contributed by atoms with van der Waals surface area (Å²) >= 11 is 0. The Labute approximate surface area is 191 Å². The van der Waals surface area contributed by atoms with E-state index in [4.69, 9.17) is 18.9 Å². The molecule has 3 aliphatic rings. The van der Waals surface area contributed by atoms with Gasteiger partial charge in [-0.15, -0.1) is 0 Å². The highest BCUT2D eigenvalue weighted by molar-refractivity contribution is 5.96. The SMILES string of the molecule is COC1=CC2C3C(OC(C)=O)c4ccc(OC(C)=O)c(OC(C)=O)c4C2(CCN3C)CC1=O. The van der Waals surface area contributed by atoms with Crippen LogP contribution in [0.25, 0.3) is 0 Å². The van der Waals surface area contributed by atoms with Crippen LogP contribution in [-0.4, -0.2) is 55.3 Å². The fourth-order valence-electron chi connectivity index (χ4n) is 5.67. The molecular weight excluding hydrogens is 430 g/mol. The zero-order chi connectivity index (χ0) is 24.1. The van der Waals surface area contributed by atoms with E-state index in [1.807, 2.05) is 7.05 Å². The maximum absolute atomic E-state index is 13.0. The van der Waals surface area contributed by atoms with Crippen molar-refractivity contribution in [2.24, 2.45) is 5.92 Å². The maximum Gasteiger partial charge on any atom is 0.308 e. The molecule has 9 nitrogen and oxygen atoms in total. The highest BCUT2D eigenvalue weighted by Gasteiger charge is 2.60. The van der Waals surface area contributed by atoms with Crippen LogP contribution in [0, 0.1) is 5.92 Å². The van der Waals surface area contributed by atoms with E-state index < -0.39 is 29.4 Å². The quantitative estimate of drug-likeness (QED) is 0.497. The average molecular weight is 457 g/mol. The number of carbonyl (C=O) groups excluding carboxylic acids is 4. The predicted octanol–water partition coefficient (Wildman–Crippen LogP) is 2.22. The van der Waals surface area contributed by atoms with Crippen molar-refractivity contribution in [3.8, 4) is 11.5 Å². The highest BCUT2D eigenvalue weighted by Crippen LogP contribution is 2.61. The van der Waals surface area contributed by atoms with Crippen molar-refractivity contribution in [2.45, 2.75) is 51.2 Å². The summed E-state index contributed by atoms with van der Waals surface area (Å²) in [6.07, 6.45) is 1.81. The first-order valence-electron chi connectivity index (χ1n) is 10.8. The molecule has 2 aliphatic carbocycles. The predicted molar refractivity (Wildman–Crippen MR) is 114 cm³/mol. The lowest BCUT2D eigenvalue weighted by Crippen LogP contribution is -2.62. The van der Waals surface area contributed by atoms with Gasteiger partial charge in [0.05, 0.1) is 13.2 Å². The molecule has 0 spiro atoms. The summed E-state index contributed by atoms with van der Waals surface area (Å²) in [5.41, 5.74) is 0.451. The van der Waals surface area contributed by atoms with E-state index in [-0.39, 0.29) is 41.4 Å². The molecule has 2 bridgehead atoms. The second-order valence-electron chi connectivity index (χ2n) is 8.81. The van der Waals surface area contributed by atoms with Gasteiger partial charge in [0.2, 0.25) is 0 Å². The number of ether oxygens (including phenoxy) is 4. The monoisotopic (exact) mass is 457 g/mol. The fourth-order valence-corrected chi connectivity index (χ4v) is 5.67. The lowest BCUT2D eigenvalue weighted by atomic mass is 9.52. The van der Waals surface area contributed by atoms with E-state index in [9.17, 15) is 19.2 Å². The van der Waals surface area contributed by atoms with Gasteiger partial charge in [-0.25, -0.2) is 0 Å². The van der Waals surface area contributed by atoms with Gasteiger partial charge in [0.25, 0.3) is 0 Å². The topological polar surface area (TPSA) is 108 Å². The molecule has 1 aliphatic heterocycles. The van der Waals surface area contributed by atoms with Crippen LogP contribution < -0.4 is 9.47 Å². The molecule has 0 radical (unpaired) electrons. The molecule has 4 atom stereocenters. The van der Waals surface area contributed by atoms with Gasteiger partial charge in [-0.3, -0.25) is 24.1 Å². The van der Waals surface area contributed by atoms with Crippen LogP contribution in [0.15, 0.2) is 24.0 Å². The van der Waals surface area contributed by atoms with Crippen molar-refractivity contribution >= 4 is 23.7 Å². The Morgan fingerprint density at radius 1 is 1.06 bits per heavy atom. The Kier molecular flexibility index (Phi) is 5.78. The third-order valence-electron chi connectivity index (χ3n) is 6.79. The maximum atomic E-state index is 13.0. The second kappa shape index (κ2) is 8.30. The Bertz CT molecular complexity index is 1080. The summed E-state index contributed by atoms with van der Waals surface area (Å²) in [5, 5.41) is 0. The normalized spacial score (nSPS) is 28.1. The number of nitrogens with zero attached hydrogens (tertiary/aromatic N) is 1. The summed E-state index contributed by atoms with van der Waals surface area (Å²) in [7, 11) is 3.40. The summed E-state index contributed by atoms with van der Waals surface area (Å²) in [5.74, 6) is -1.65. The zero-order valence-corrected chi connectivity index (χ0v) is 19.3. The number of ketones is 1. The second-order valence-corrected chi connectivity index (χ2v) is 8.81. The van der Waals surface area contributed by atoms with Gasteiger partial charge in [-0.2, -0.15) is 0 Å². The van der Waals surface area contributed by atoms with Crippen LogP contribution in [0.5, 0.6) is 11.5 Å². The number of esters is 3. The van der Waals surface area contributed by atoms with Gasteiger partial charge in [-0.1, -0.05) is 6.07 Å². The Morgan fingerprint density at radius 3 is 2.36 bits per heavy atom. The molecule has 1 saturated heterocycles. The molecule has 0 amide bonds. The summed E-state index contributed by atoms with van der Waals surface area (Å²) < 4.78 is 22.2. The van der Waals surface area contributed by atoms with Crippen LogP contribution in [0.3, 0.4) is 0 Å². The van der Waals surface area contributed by atoms with Crippen LogP contribution in [0.4, 0.5) is 0 Å². The van der Waals surface area contributed by atoms with E-state index in [2.05, 4.69) is 4.90 Å². The largest absolute Gasteiger partial charge is 0.493 e. The van der Waals surface area contributed by atoms with Crippen LogP contribution in [0.2, 0.25) is 0 Å². The average Bonchev–Trinajstić information content (AvgIpc) is 2.72. The van der Waals surface area contributed by atoms with Crippen molar-refractivity contribution in [1.82, 2.24) is 4.90 Å². The minimum Gasteiger partial charge on any atom is -0.493 e. The minimum absolute atomic E-state index is 0.0810. The van der Waals surface area contributed by atoms with Gasteiger partial charge in [0.1, 0.15) is 6.10 Å². The van der Waals surface area contributed by atoms with Crippen molar-refractivity contribution in [2.75, 3.05) is 20.7 Å². The number of hydrogen-bond acceptors (Lipinski definition) is 9. The molecule has 0 N–H and O–H groups in total. The minimum atomic E-state index is -0.747. The third-order valence-corrected chi connectivity index (χ3v) is 6.79. The number of likely N-dealkylation sites (N-methyl/N-ethyl adjacent to an activating group) is 1. The summed E-state index contributed by atoms with van der Waals surface area (Å²) in [4.78, 5) is 51.1. The molecular formula is C24H27NO8. The molecule has 176 valence electrons. The number of likely N-dealkylation sites (tertiary alicyclic amines) is 1. The van der Waals surface area contributed by atoms with E-state index in [1.165, 1.54) is 33.9 Å². The first-order chi connectivity index (χ1) is 15.6.